The molecule has 0 aliphatic rings. The first kappa shape index (κ1) is 14.4. The zero-order chi connectivity index (χ0) is 12.6. The first-order valence-corrected chi connectivity index (χ1v) is 4.84. The van der Waals surface area contributed by atoms with Crippen LogP contribution in [0.25, 0.3) is 0 Å². The van der Waals surface area contributed by atoms with Crippen LogP contribution in [0.1, 0.15) is 19.8 Å². The largest absolute Gasteiger partial charge is 0.480 e. The fraction of sp³-hybridized carbons (Fsp3) is 0.667. The third kappa shape index (κ3) is 6.77. The van der Waals surface area contributed by atoms with E-state index < -0.39 is 17.9 Å². The number of rotatable bonds is 7. The molecule has 0 rings (SSSR count). The van der Waals surface area contributed by atoms with Crippen molar-refractivity contribution in [2.75, 3.05) is 13.2 Å². The SMILES string of the molecule is CC(=O)NC(CCC(=O)NCCO)C(=O)O. The van der Waals surface area contributed by atoms with Crippen molar-refractivity contribution in [1.29, 1.82) is 0 Å². The molecule has 1 unspecified atom stereocenters. The van der Waals surface area contributed by atoms with Crippen LogP contribution in [-0.4, -0.2) is 47.2 Å². The van der Waals surface area contributed by atoms with Crippen LogP contribution in [0.4, 0.5) is 0 Å². The standard InChI is InChI=1S/C9H16N2O5/c1-6(13)11-7(9(15)16)2-3-8(14)10-4-5-12/h7,12H,2-5H2,1H3,(H,10,14)(H,11,13)(H,15,16). The molecule has 0 saturated heterocycles. The molecule has 2 amide bonds. The Kier molecular flexibility index (Phi) is 6.86. The van der Waals surface area contributed by atoms with Gasteiger partial charge in [0.15, 0.2) is 0 Å². The maximum Gasteiger partial charge on any atom is 0.326 e. The van der Waals surface area contributed by atoms with Crippen LogP contribution in [0.3, 0.4) is 0 Å². The third-order valence-corrected chi connectivity index (χ3v) is 1.77. The van der Waals surface area contributed by atoms with Crippen molar-refractivity contribution in [3.05, 3.63) is 0 Å². The number of carboxylic acids is 1. The van der Waals surface area contributed by atoms with Crippen molar-refractivity contribution in [3.63, 3.8) is 0 Å². The van der Waals surface area contributed by atoms with Crippen LogP contribution < -0.4 is 10.6 Å². The van der Waals surface area contributed by atoms with E-state index in [1.807, 2.05) is 0 Å². The quantitative estimate of drug-likeness (QED) is 0.425. The van der Waals surface area contributed by atoms with E-state index in [9.17, 15) is 14.4 Å². The summed E-state index contributed by atoms with van der Waals surface area (Å²) in [5.41, 5.74) is 0. The van der Waals surface area contributed by atoms with Gasteiger partial charge in [0, 0.05) is 19.9 Å². The van der Waals surface area contributed by atoms with Crippen molar-refractivity contribution < 1.29 is 24.6 Å². The molecule has 0 bridgehead atoms. The Morgan fingerprint density at radius 1 is 1.31 bits per heavy atom. The molecule has 16 heavy (non-hydrogen) atoms. The van der Waals surface area contributed by atoms with Crippen LogP contribution in [0, 0.1) is 0 Å². The van der Waals surface area contributed by atoms with Gasteiger partial charge in [-0.25, -0.2) is 4.79 Å². The van der Waals surface area contributed by atoms with E-state index in [4.69, 9.17) is 10.2 Å². The Labute approximate surface area is 92.8 Å². The molecule has 92 valence electrons. The van der Waals surface area contributed by atoms with E-state index in [1.165, 1.54) is 6.92 Å². The number of aliphatic carboxylic acids is 1. The van der Waals surface area contributed by atoms with Crippen molar-refractivity contribution in [2.24, 2.45) is 0 Å². The molecule has 4 N–H and O–H groups in total. The van der Waals surface area contributed by atoms with Crippen LogP contribution >= 0.6 is 0 Å². The Balaban J connectivity index is 3.97. The molecule has 0 saturated carbocycles. The smallest absolute Gasteiger partial charge is 0.326 e. The van der Waals surface area contributed by atoms with E-state index in [-0.39, 0.29) is 31.9 Å². The van der Waals surface area contributed by atoms with Gasteiger partial charge >= 0.3 is 5.97 Å². The van der Waals surface area contributed by atoms with Gasteiger partial charge in [-0.1, -0.05) is 0 Å². The number of carbonyl (C=O) groups is 3. The maximum atomic E-state index is 11.1. The fourth-order valence-corrected chi connectivity index (χ4v) is 1.06. The lowest BCUT2D eigenvalue weighted by molar-refractivity contribution is -0.141. The van der Waals surface area contributed by atoms with Gasteiger partial charge in [0.05, 0.1) is 6.61 Å². The number of aliphatic hydroxyl groups excluding tert-OH is 1. The molecule has 0 spiro atoms. The van der Waals surface area contributed by atoms with Gasteiger partial charge in [-0.2, -0.15) is 0 Å². The van der Waals surface area contributed by atoms with E-state index in [0.717, 1.165) is 0 Å². The molecule has 0 heterocycles. The summed E-state index contributed by atoms with van der Waals surface area (Å²) in [6, 6.07) is -1.06. The molecular formula is C9H16N2O5. The Morgan fingerprint density at radius 3 is 2.38 bits per heavy atom. The minimum absolute atomic E-state index is 0.0166. The van der Waals surface area contributed by atoms with Gasteiger partial charge in [0.1, 0.15) is 6.04 Å². The molecule has 0 aromatic carbocycles. The first-order valence-electron chi connectivity index (χ1n) is 4.84. The number of aliphatic hydroxyl groups is 1. The molecule has 0 aliphatic carbocycles. The van der Waals surface area contributed by atoms with Crippen LogP contribution in [0.2, 0.25) is 0 Å². The second-order valence-corrected chi connectivity index (χ2v) is 3.20. The minimum Gasteiger partial charge on any atom is -0.480 e. The van der Waals surface area contributed by atoms with Gasteiger partial charge in [0.2, 0.25) is 11.8 Å². The summed E-state index contributed by atoms with van der Waals surface area (Å²) < 4.78 is 0. The highest BCUT2D eigenvalue weighted by atomic mass is 16.4. The van der Waals surface area contributed by atoms with E-state index in [0.29, 0.717) is 0 Å². The number of carboxylic acid groups (broad SMARTS) is 1. The van der Waals surface area contributed by atoms with Crippen LogP contribution in [0.5, 0.6) is 0 Å². The average molecular weight is 232 g/mol. The van der Waals surface area contributed by atoms with Gasteiger partial charge in [-0.15, -0.1) is 0 Å². The van der Waals surface area contributed by atoms with Crippen LogP contribution in [0.15, 0.2) is 0 Å². The van der Waals surface area contributed by atoms with Crippen molar-refractivity contribution >= 4 is 17.8 Å². The monoisotopic (exact) mass is 232 g/mol. The van der Waals surface area contributed by atoms with Gasteiger partial charge < -0.3 is 20.8 Å². The van der Waals surface area contributed by atoms with Crippen molar-refractivity contribution in [2.45, 2.75) is 25.8 Å². The number of amides is 2. The van der Waals surface area contributed by atoms with Crippen LogP contribution in [-0.2, 0) is 14.4 Å². The molecule has 0 aliphatic heterocycles. The molecule has 0 radical (unpaired) electrons. The highest BCUT2D eigenvalue weighted by Gasteiger charge is 2.19. The van der Waals surface area contributed by atoms with E-state index in [1.54, 1.807) is 0 Å². The summed E-state index contributed by atoms with van der Waals surface area (Å²) >= 11 is 0. The molecule has 0 aromatic rings. The second kappa shape index (κ2) is 7.63. The molecule has 0 fully saturated rings. The number of nitrogens with one attached hydrogen (secondary N) is 2. The fourth-order valence-electron chi connectivity index (χ4n) is 1.06. The number of hydrogen-bond acceptors (Lipinski definition) is 4. The highest BCUT2D eigenvalue weighted by Crippen LogP contribution is 1.98. The topological polar surface area (TPSA) is 116 Å². The van der Waals surface area contributed by atoms with Gasteiger partial charge in [0.25, 0.3) is 0 Å². The second-order valence-electron chi connectivity index (χ2n) is 3.20. The molecule has 7 nitrogen and oxygen atoms in total. The summed E-state index contributed by atoms with van der Waals surface area (Å²) in [5.74, 6) is -1.99. The third-order valence-electron chi connectivity index (χ3n) is 1.77. The summed E-state index contributed by atoms with van der Waals surface area (Å²) in [7, 11) is 0. The normalized spacial score (nSPS) is 11.6. The Bertz CT molecular complexity index is 267. The number of carbonyl (C=O) groups excluding carboxylic acids is 2. The predicted octanol–water partition coefficient (Wildman–Crippen LogP) is -1.54. The molecule has 7 heteroatoms. The van der Waals surface area contributed by atoms with E-state index >= 15 is 0 Å². The summed E-state index contributed by atoms with van der Waals surface area (Å²) in [6.45, 7) is 1.18. The lowest BCUT2D eigenvalue weighted by Gasteiger charge is -2.12. The molecular weight excluding hydrogens is 216 g/mol. The zero-order valence-corrected chi connectivity index (χ0v) is 9.02. The molecule has 0 aromatic heterocycles. The minimum atomic E-state index is -1.18. The van der Waals surface area contributed by atoms with Crippen molar-refractivity contribution in [3.8, 4) is 0 Å². The summed E-state index contributed by atoms with van der Waals surface area (Å²) in [4.78, 5) is 32.4. The Hall–Kier alpha value is -1.63. The lowest BCUT2D eigenvalue weighted by atomic mass is 10.1. The Morgan fingerprint density at radius 2 is 1.94 bits per heavy atom. The summed E-state index contributed by atoms with van der Waals surface area (Å²) in [6.07, 6.45) is 0.00339. The number of hydrogen-bond donors (Lipinski definition) is 4. The van der Waals surface area contributed by atoms with E-state index in [2.05, 4.69) is 10.6 Å². The highest BCUT2D eigenvalue weighted by molar-refractivity contribution is 5.83. The van der Waals surface area contributed by atoms with Crippen molar-refractivity contribution in [1.82, 2.24) is 10.6 Å². The maximum absolute atomic E-state index is 11.1. The van der Waals surface area contributed by atoms with Gasteiger partial charge in [-0.3, -0.25) is 9.59 Å². The molecule has 1 atom stereocenters. The average Bonchev–Trinajstić information content (AvgIpc) is 2.20. The first-order chi connectivity index (χ1) is 7.47. The summed E-state index contributed by atoms with van der Waals surface area (Å²) in [5, 5.41) is 21.8. The zero-order valence-electron chi connectivity index (χ0n) is 9.02. The predicted molar refractivity (Wildman–Crippen MR) is 54.6 cm³/mol. The lowest BCUT2D eigenvalue weighted by Crippen LogP contribution is -2.40. The van der Waals surface area contributed by atoms with Gasteiger partial charge in [-0.05, 0) is 6.42 Å².